The molecule has 18 heavy (non-hydrogen) atoms. The molecule has 4 atom stereocenters. The summed E-state index contributed by atoms with van der Waals surface area (Å²) in [5, 5.41) is 6.26. The Labute approximate surface area is 123 Å². The summed E-state index contributed by atoms with van der Waals surface area (Å²) in [6.45, 7) is 12.9. The van der Waals surface area contributed by atoms with Gasteiger partial charge in [0.1, 0.15) is 0 Å². The topological polar surface area (TPSA) is 12.0 Å². The summed E-state index contributed by atoms with van der Waals surface area (Å²) < 4.78 is 0. The van der Waals surface area contributed by atoms with Gasteiger partial charge in [0.15, 0.2) is 0 Å². The second-order valence-electron chi connectivity index (χ2n) is 5.47. The van der Waals surface area contributed by atoms with E-state index >= 15 is 0 Å². The van der Waals surface area contributed by atoms with Gasteiger partial charge in [-0.15, -0.1) is 0 Å². The van der Waals surface area contributed by atoms with E-state index in [-0.39, 0.29) is 0 Å². The lowest BCUT2D eigenvalue weighted by molar-refractivity contribution is 0.333. The van der Waals surface area contributed by atoms with Gasteiger partial charge in [0.25, 0.3) is 0 Å². The molecular formula is C15H31NS2. The molecule has 0 spiro atoms. The molecule has 1 rings (SSSR count). The molecule has 0 amide bonds. The standard InChI is InChI=1S/C15H31NS2/c1-6-9-16-15(13(7-2)8-3)14-10-17-11(4)12(5)18-14/h11-16H,6-10H2,1-5H3. The van der Waals surface area contributed by atoms with Crippen LogP contribution in [0.25, 0.3) is 0 Å². The number of hydrogen-bond acceptors (Lipinski definition) is 3. The van der Waals surface area contributed by atoms with Crippen molar-refractivity contribution in [1.29, 1.82) is 0 Å². The Bertz CT molecular complexity index is 219. The van der Waals surface area contributed by atoms with Crippen molar-refractivity contribution in [2.45, 2.75) is 75.7 Å². The fraction of sp³-hybridized carbons (Fsp3) is 1.00. The average Bonchev–Trinajstić information content (AvgIpc) is 2.38. The van der Waals surface area contributed by atoms with Crippen molar-refractivity contribution in [3.05, 3.63) is 0 Å². The molecule has 1 N–H and O–H groups in total. The zero-order valence-corrected chi connectivity index (χ0v) is 14.4. The summed E-state index contributed by atoms with van der Waals surface area (Å²) >= 11 is 4.40. The van der Waals surface area contributed by atoms with E-state index in [9.17, 15) is 0 Å². The van der Waals surface area contributed by atoms with Crippen molar-refractivity contribution in [3.8, 4) is 0 Å². The number of rotatable bonds is 7. The van der Waals surface area contributed by atoms with Crippen molar-refractivity contribution in [2.75, 3.05) is 12.3 Å². The number of nitrogens with one attached hydrogen (secondary N) is 1. The molecule has 0 aromatic carbocycles. The maximum atomic E-state index is 3.84. The van der Waals surface area contributed by atoms with Crippen LogP contribution in [0.1, 0.15) is 53.9 Å². The smallest absolute Gasteiger partial charge is 0.0297 e. The molecule has 1 nitrogen and oxygen atoms in total. The molecule has 1 aliphatic heterocycles. The van der Waals surface area contributed by atoms with Crippen LogP contribution < -0.4 is 5.32 Å². The minimum atomic E-state index is 0.715. The van der Waals surface area contributed by atoms with Crippen LogP contribution in [-0.4, -0.2) is 34.1 Å². The quantitative estimate of drug-likeness (QED) is 0.745. The van der Waals surface area contributed by atoms with E-state index in [1.165, 1.54) is 31.6 Å². The molecule has 3 heteroatoms. The minimum absolute atomic E-state index is 0.715. The molecule has 4 unspecified atom stereocenters. The fourth-order valence-corrected chi connectivity index (χ4v) is 5.92. The Kier molecular flexibility index (Phi) is 8.13. The molecule has 0 bridgehead atoms. The van der Waals surface area contributed by atoms with Gasteiger partial charge in [-0.1, -0.05) is 47.5 Å². The van der Waals surface area contributed by atoms with E-state index in [0.29, 0.717) is 6.04 Å². The SMILES string of the molecule is CCCNC(C(CC)CC)C1CSC(C)C(C)S1. The van der Waals surface area contributed by atoms with Gasteiger partial charge in [-0.3, -0.25) is 0 Å². The van der Waals surface area contributed by atoms with Gasteiger partial charge in [-0.2, -0.15) is 23.5 Å². The highest BCUT2D eigenvalue weighted by atomic mass is 32.2. The predicted molar refractivity (Wildman–Crippen MR) is 88.9 cm³/mol. The van der Waals surface area contributed by atoms with E-state index in [0.717, 1.165) is 21.7 Å². The Morgan fingerprint density at radius 1 is 1.11 bits per heavy atom. The zero-order chi connectivity index (χ0) is 13.5. The summed E-state index contributed by atoms with van der Waals surface area (Å²) in [4.78, 5) is 0. The molecule has 0 radical (unpaired) electrons. The molecule has 0 aromatic rings. The highest BCUT2D eigenvalue weighted by Crippen LogP contribution is 2.39. The maximum absolute atomic E-state index is 3.84. The second kappa shape index (κ2) is 8.76. The summed E-state index contributed by atoms with van der Waals surface area (Å²) in [6.07, 6.45) is 3.86. The van der Waals surface area contributed by atoms with Gasteiger partial charge in [0.2, 0.25) is 0 Å². The lowest BCUT2D eigenvalue weighted by Gasteiger charge is -2.39. The van der Waals surface area contributed by atoms with Crippen LogP contribution in [-0.2, 0) is 0 Å². The molecule has 0 aromatic heterocycles. The van der Waals surface area contributed by atoms with Crippen LogP contribution in [0.5, 0.6) is 0 Å². The average molecular weight is 290 g/mol. The molecule has 0 saturated carbocycles. The monoisotopic (exact) mass is 289 g/mol. The Balaban J connectivity index is 2.63. The van der Waals surface area contributed by atoms with Gasteiger partial charge in [0.05, 0.1) is 0 Å². The van der Waals surface area contributed by atoms with Crippen LogP contribution in [0.2, 0.25) is 0 Å². The Hall–Kier alpha value is 0.660. The van der Waals surface area contributed by atoms with Gasteiger partial charge < -0.3 is 5.32 Å². The van der Waals surface area contributed by atoms with Crippen LogP contribution in [0.15, 0.2) is 0 Å². The summed E-state index contributed by atoms with van der Waals surface area (Å²) in [5.74, 6) is 2.17. The number of thioether (sulfide) groups is 2. The molecule has 1 fully saturated rings. The number of hydrogen-bond donors (Lipinski definition) is 1. The van der Waals surface area contributed by atoms with Gasteiger partial charge in [0, 0.05) is 27.5 Å². The van der Waals surface area contributed by atoms with Crippen molar-refractivity contribution < 1.29 is 0 Å². The first-order valence-electron chi connectivity index (χ1n) is 7.64. The van der Waals surface area contributed by atoms with Crippen LogP contribution in [0.4, 0.5) is 0 Å². The van der Waals surface area contributed by atoms with E-state index in [2.05, 4.69) is 63.5 Å². The van der Waals surface area contributed by atoms with E-state index in [4.69, 9.17) is 0 Å². The maximum Gasteiger partial charge on any atom is 0.0297 e. The first kappa shape index (κ1) is 16.7. The van der Waals surface area contributed by atoms with E-state index in [1.54, 1.807) is 0 Å². The highest BCUT2D eigenvalue weighted by Gasteiger charge is 2.33. The highest BCUT2D eigenvalue weighted by molar-refractivity contribution is 8.07. The Morgan fingerprint density at radius 2 is 1.78 bits per heavy atom. The van der Waals surface area contributed by atoms with Gasteiger partial charge >= 0.3 is 0 Å². The minimum Gasteiger partial charge on any atom is -0.313 e. The van der Waals surface area contributed by atoms with Crippen LogP contribution in [0, 0.1) is 5.92 Å². The zero-order valence-electron chi connectivity index (χ0n) is 12.7. The van der Waals surface area contributed by atoms with Crippen LogP contribution >= 0.6 is 23.5 Å². The first-order valence-corrected chi connectivity index (χ1v) is 9.63. The third-order valence-electron chi connectivity index (χ3n) is 4.16. The Morgan fingerprint density at radius 3 is 2.28 bits per heavy atom. The second-order valence-corrected chi connectivity index (χ2v) is 8.51. The van der Waals surface area contributed by atoms with Crippen LogP contribution in [0.3, 0.4) is 0 Å². The van der Waals surface area contributed by atoms with Crippen molar-refractivity contribution in [3.63, 3.8) is 0 Å². The largest absolute Gasteiger partial charge is 0.313 e. The molecular weight excluding hydrogens is 258 g/mol. The van der Waals surface area contributed by atoms with E-state index < -0.39 is 0 Å². The summed E-state index contributed by atoms with van der Waals surface area (Å²) in [5.41, 5.74) is 0. The third-order valence-corrected chi connectivity index (χ3v) is 7.68. The molecule has 108 valence electrons. The van der Waals surface area contributed by atoms with Gasteiger partial charge in [-0.25, -0.2) is 0 Å². The summed E-state index contributed by atoms with van der Waals surface area (Å²) in [6, 6.07) is 0.715. The first-order chi connectivity index (χ1) is 8.63. The third kappa shape index (κ3) is 4.64. The lowest BCUT2D eigenvalue weighted by Crippen LogP contribution is -2.48. The fourth-order valence-electron chi connectivity index (χ4n) is 2.71. The molecule has 1 saturated heterocycles. The normalized spacial score (nSPS) is 30.7. The molecule has 0 aliphatic carbocycles. The summed E-state index contributed by atoms with van der Waals surface area (Å²) in [7, 11) is 0. The van der Waals surface area contributed by atoms with Crippen molar-refractivity contribution in [1.82, 2.24) is 5.32 Å². The van der Waals surface area contributed by atoms with Crippen molar-refractivity contribution >= 4 is 23.5 Å². The predicted octanol–water partition coefficient (Wildman–Crippen LogP) is 4.42. The lowest BCUT2D eigenvalue weighted by atomic mass is 9.92. The van der Waals surface area contributed by atoms with Gasteiger partial charge in [-0.05, 0) is 18.9 Å². The molecule has 1 heterocycles. The molecule has 1 aliphatic rings. The van der Waals surface area contributed by atoms with Crippen molar-refractivity contribution in [2.24, 2.45) is 5.92 Å². The van der Waals surface area contributed by atoms with E-state index in [1.807, 2.05) is 0 Å².